The first-order valence-corrected chi connectivity index (χ1v) is 7.17. The number of alkyl halides is 1. The molecule has 1 unspecified atom stereocenters. The molecule has 0 saturated carbocycles. The average molecular weight is 358 g/mol. The minimum Gasteiger partial charge on any atom is -0.387 e. The maximum atomic E-state index is 12.0. The van der Waals surface area contributed by atoms with E-state index >= 15 is 0 Å². The molecule has 1 fully saturated rings. The number of methoxy groups -OCH3 is 1. The summed E-state index contributed by atoms with van der Waals surface area (Å²) in [4.78, 5) is 23.3. The van der Waals surface area contributed by atoms with Gasteiger partial charge in [-0.2, -0.15) is 5.01 Å². The summed E-state index contributed by atoms with van der Waals surface area (Å²) >= 11 is 5.43. The second kappa shape index (κ2) is 8.68. The van der Waals surface area contributed by atoms with E-state index in [0.717, 1.165) is 7.05 Å². The Bertz CT molecular complexity index is 415. The van der Waals surface area contributed by atoms with Crippen LogP contribution in [0.25, 0.3) is 0 Å². The highest BCUT2D eigenvalue weighted by molar-refractivity contribution is 6.18. The summed E-state index contributed by atoms with van der Waals surface area (Å²) in [5.74, 6) is -0.0549. The van der Waals surface area contributed by atoms with Gasteiger partial charge in [0.15, 0.2) is 12.5 Å². The lowest BCUT2D eigenvalue weighted by molar-refractivity contribution is -0.311. The van der Waals surface area contributed by atoms with Gasteiger partial charge in [-0.1, -0.05) is 0 Å². The zero-order valence-electron chi connectivity index (χ0n) is 12.5. The van der Waals surface area contributed by atoms with Crippen molar-refractivity contribution in [2.45, 2.75) is 36.9 Å². The minimum absolute atomic E-state index is 0.0549. The SMILES string of the molecule is CO[C@H]1O[C@H](C(O)N(C)C(=O)N(CCCl)N=O)[C@@H](O)[C@H](O)[C@@H]1O. The molecule has 0 aromatic heterocycles. The van der Waals surface area contributed by atoms with Crippen molar-refractivity contribution < 1.29 is 34.7 Å². The van der Waals surface area contributed by atoms with Gasteiger partial charge < -0.3 is 29.9 Å². The molecule has 1 aliphatic rings. The first-order valence-electron chi connectivity index (χ1n) is 6.64. The number of likely N-dealkylation sites (N-methyl/N-ethyl adjacent to an activating group) is 1. The molecular formula is C11H20ClN3O8. The number of hydrogen-bond donors (Lipinski definition) is 4. The van der Waals surface area contributed by atoms with Gasteiger partial charge in [0.25, 0.3) is 0 Å². The maximum absolute atomic E-state index is 12.0. The zero-order valence-corrected chi connectivity index (χ0v) is 13.3. The zero-order chi connectivity index (χ0) is 17.7. The number of ether oxygens (including phenoxy) is 2. The summed E-state index contributed by atoms with van der Waals surface area (Å²) in [7, 11) is 2.32. The second-order valence-corrected chi connectivity index (χ2v) is 5.26. The third-order valence-corrected chi connectivity index (χ3v) is 3.62. The van der Waals surface area contributed by atoms with E-state index in [2.05, 4.69) is 5.29 Å². The molecule has 0 radical (unpaired) electrons. The van der Waals surface area contributed by atoms with Crippen molar-refractivity contribution in [3.8, 4) is 0 Å². The van der Waals surface area contributed by atoms with E-state index < -0.39 is 43.0 Å². The lowest BCUT2D eigenvalue weighted by Crippen LogP contribution is -2.64. The van der Waals surface area contributed by atoms with Crippen LogP contribution in [0.3, 0.4) is 0 Å². The molecule has 4 N–H and O–H groups in total. The Morgan fingerprint density at radius 1 is 1.35 bits per heavy atom. The predicted molar refractivity (Wildman–Crippen MR) is 76.1 cm³/mol. The van der Waals surface area contributed by atoms with Gasteiger partial charge in [-0.05, 0) is 0 Å². The van der Waals surface area contributed by atoms with Gasteiger partial charge in [0.2, 0.25) is 0 Å². The fraction of sp³-hybridized carbons (Fsp3) is 0.909. The summed E-state index contributed by atoms with van der Waals surface area (Å²) in [5.41, 5.74) is 0. The molecule has 6 atom stereocenters. The van der Waals surface area contributed by atoms with Crippen LogP contribution in [-0.4, -0.2) is 99.9 Å². The Kier molecular flexibility index (Phi) is 7.54. The monoisotopic (exact) mass is 357 g/mol. The maximum Gasteiger partial charge on any atom is 0.344 e. The lowest BCUT2D eigenvalue weighted by Gasteiger charge is -2.43. The number of urea groups is 1. The van der Waals surface area contributed by atoms with E-state index in [9.17, 15) is 30.1 Å². The first kappa shape index (κ1) is 20.0. The number of amides is 2. The van der Waals surface area contributed by atoms with Crippen LogP contribution in [0, 0.1) is 4.91 Å². The summed E-state index contributed by atoms with van der Waals surface area (Å²) in [6.45, 7) is -0.183. The molecule has 1 saturated heterocycles. The quantitative estimate of drug-likeness (QED) is 0.185. The number of hydrogen-bond acceptors (Lipinski definition) is 9. The molecule has 0 aliphatic carbocycles. The predicted octanol–water partition coefficient (Wildman–Crippen LogP) is -1.97. The topological polar surface area (TPSA) is 152 Å². The number of aliphatic hydroxyl groups is 4. The van der Waals surface area contributed by atoms with Crippen molar-refractivity contribution in [1.82, 2.24) is 9.91 Å². The van der Waals surface area contributed by atoms with Crippen LogP contribution in [0.1, 0.15) is 0 Å². The van der Waals surface area contributed by atoms with Crippen LogP contribution in [-0.2, 0) is 9.47 Å². The molecule has 1 heterocycles. The number of nitrogens with zero attached hydrogens (tertiary/aromatic N) is 3. The van der Waals surface area contributed by atoms with Crippen molar-refractivity contribution >= 4 is 17.6 Å². The molecule has 2 amide bonds. The summed E-state index contributed by atoms with van der Waals surface area (Å²) in [6, 6.07) is -0.987. The molecule has 1 aliphatic heterocycles. The van der Waals surface area contributed by atoms with Crippen molar-refractivity contribution in [2.75, 3.05) is 26.6 Å². The van der Waals surface area contributed by atoms with Gasteiger partial charge in [-0.3, -0.25) is 4.90 Å². The van der Waals surface area contributed by atoms with Crippen LogP contribution in [0.15, 0.2) is 5.29 Å². The van der Waals surface area contributed by atoms with E-state index in [-0.39, 0.29) is 12.4 Å². The Morgan fingerprint density at radius 2 is 1.96 bits per heavy atom. The summed E-state index contributed by atoms with van der Waals surface area (Å²) in [6.07, 6.45) is -9.47. The second-order valence-electron chi connectivity index (χ2n) is 4.88. The Morgan fingerprint density at radius 3 is 2.43 bits per heavy atom. The van der Waals surface area contributed by atoms with Crippen LogP contribution in [0.2, 0.25) is 0 Å². The van der Waals surface area contributed by atoms with Gasteiger partial charge in [0.1, 0.15) is 24.4 Å². The largest absolute Gasteiger partial charge is 0.387 e. The first-order chi connectivity index (χ1) is 10.8. The van der Waals surface area contributed by atoms with Crippen LogP contribution in [0.4, 0.5) is 4.79 Å². The summed E-state index contributed by atoms with van der Waals surface area (Å²) < 4.78 is 9.95. The van der Waals surface area contributed by atoms with Crippen molar-refractivity contribution in [3.63, 3.8) is 0 Å². The molecule has 0 aromatic rings. The summed E-state index contributed by atoms with van der Waals surface area (Å²) in [5, 5.41) is 42.5. The molecule has 12 heteroatoms. The van der Waals surface area contributed by atoms with E-state index in [1.54, 1.807) is 0 Å². The third kappa shape index (κ3) is 4.26. The number of carbonyl (C=O) groups is 1. The molecule has 23 heavy (non-hydrogen) atoms. The van der Waals surface area contributed by atoms with Gasteiger partial charge in [-0.15, -0.1) is 16.5 Å². The number of aliphatic hydroxyl groups excluding tert-OH is 4. The fourth-order valence-electron chi connectivity index (χ4n) is 2.08. The number of rotatable bonds is 6. The van der Waals surface area contributed by atoms with E-state index in [0.29, 0.717) is 9.91 Å². The minimum atomic E-state index is -1.75. The fourth-order valence-corrected chi connectivity index (χ4v) is 2.24. The smallest absolute Gasteiger partial charge is 0.344 e. The molecule has 0 bridgehead atoms. The van der Waals surface area contributed by atoms with Crippen molar-refractivity contribution in [2.24, 2.45) is 5.29 Å². The molecule has 0 aromatic carbocycles. The molecular weight excluding hydrogens is 338 g/mol. The van der Waals surface area contributed by atoms with E-state index in [1.165, 1.54) is 7.11 Å². The Balaban J connectivity index is 2.87. The van der Waals surface area contributed by atoms with Gasteiger partial charge in [0.05, 0.1) is 11.8 Å². The standard InChI is InChI=1S/C11H20ClN3O8/c1-14(11(20)15(13-21)4-3-12)9(19)8-6(17)5(16)7(18)10(22-2)23-8/h5-10,16-19H,3-4H2,1-2H3/t5-,6-,7-,8-,9?,10-/m0/s1. The van der Waals surface area contributed by atoms with Gasteiger partial charge in [0, 0.05) is 20.0 Å². The third-order valence-electron chi connectivity index (χ3n) is 3.45. The van der Waals surface area contributed by atoms with Crippen LogP contribution >= 0.6 is 11.6 Å². The highest BCUT2D eigenvalue weighted by Gasteiger charge is 2.48. The lowest BCUT2D eigenvalue weighted by atomic mass is 9.97. The van der Waals surface area contributed by atoms with Crippen molar-refractivity contribution in [1.29, 1.82) is 0 Å². The van der Waals surface area contributed by atoms with E-state index in [4.69, 9.17) is 21.1 Å². The Labute approximate surface area is 136 Å². The van der Waals surface area contributed by atoms with Crippen LogP contribution < -0.4 is 0 Å². The molecule has 1 rings (SSSR count). The van der Waals surface area contributed by atoms with E-state index in [1.807, 2.05) is 0 Å². The highest BCUT2D eigenvalue weighted by atomic mass is 35.5. The highest BCUT2D eigenvalue weighted by Crippen LogP contribution is 2.25. The number of carbonyl (C=O) groups excluding carboxylic acids is 1. The van der Waals surface area contributed by atoms with Crippen molar-refractivity contribution in [3.05, 3.63) is 4.91 Å². The van der Waals surface area contributed by atoms with Gasteiger partial charge >= 0.3 is 6.03 Å². The molecule has 0 spiro atoms. The molecule has 134 valence electrons. The number of nitroso groups, excluding NO2 is 1. The van der Waals surface area contributed by atoms with Gasteiger partial charge in [-0.25, -0.2) is 4.79 Å². The van der Waals surface area contributed by atoms with Crippen LogP contribution in [0.5, 0.6) is 0 Å². The average Bonchev–Trinajstić information content (AvgIpc) is 2.56. The Hall–Kier alpha value is -1.08. The molecule has 11 nitrogen and oxygen atoms in total. The normalized spacial score (nSPS) is 32.2. The number of halogens is 1.